The first-order valence-electron chi connectivity index (χ1n) is 6.20. The SMILES string of the molecule is CC(NCCCc1ncn[nH]1)c1cccc(F)c1F. The van der Waals surface area contributed by atoms with Crippen LogP contribution in [0.2, 0.25) is 0 Å². The van der Waals surface area contributed by atoms with Crippen LogP contribution in [0.4, 0.5) is 8.78 Å². The van der Waals surface area contributed by atoms with E-state index in [2.05, 4.69) is 20.5 Å². The normalized spacial score (nSPS) is 12.6. The van der Waals surface area contributed by atoms with Gasteiger partial charge < -0.3 is 5.32 Å². The van der Waals surface area contributed by atoms with Gasteiger partial charge in [-0.2, -0.15) is 5.10 Å². The van der Waals surface area contributed by atoms with Crippen LogP contribution >= 0.6 is 0 Å². The van der Waals surface area contributed by atoms with Gasteiger partial charge >= 0.3 is 0 Å². The fourth-order valence-corrected chi connectivity index (χ4v) is 1.89. The van der Waals surface area contributed by atoms with Gasteiger partial charge in [-0.1, -0.05) is 12.1 Å². The van der Waals surface area contributed by atoms with Crippen LogP contribution in [-0.4, -0.2) is 21.7 Å². The van der Waals surface area contributed by atoms with Crippen LogP contribution in [0, 0.1) is 11.6 Å². The molecular formula is C13H16F2N4. The van der Waals surface area contributed by atoms with E-state index in [4.69, 9.17) is 0 Å². The van der Waals surface area contributed by atoms with Gasteiger partial charge in [0.15, 0.2) is 11.6 Å². The van der Waals surface area contributed by atoms with Crippen molar-refractivity contribution < 1.29 is 8.78 Å². The average molecular weight is 266 g/mol. The van der Waals surface area contributed by atoms with Crippen molar-refractivity contribution in [3.8, 4) is 0 Å². The number of rotatable bonds is 6. The molecule has 2 aromatic rings. The second-order valence-electron chi connectivity index (χ2n) is 4.35. The number of aromatic amines is 1. The molecular weight excluding hydrogens is 250 g/mol. The zero-order chi connectivity index (χ0) is 13.7. The van der Waals surface area contributed by atoms with E-state index in [1.807, 2.05) is 6.92 Å². The second kappa shape index (κ2) is 6.38. The lowest BCUT2D eigenvalue weighted by atomic mass is 10.1. The molecule has 0 saturated heterocycles. The Kier molecular flexibility index (Phi) is 4.57. The molecule has 0 radical (unpaired) electrons. The standard InChI is InChI=1S/C13H16F2N4/c1-9(10-4-2-5-11(14)13(10)15)16-7-3-6-12-17-8-18-19-12/h2,4-5,8-9,16H,3,6-7H2,1H3,(H,17,18,19). The maximum absolute atomic E-state index is 13.5. The first-order chi connectivity index (χ1) is 9.18. The molecule has 2 rings (SSSR count). The topological polar surface area (TPSA) is 53.6 Å². The monoisotopic (exact) mass is 266 g/mol. The number of H-pyrrole nitrogens is 1. The van der Waals surface area contributed by atoms with E-state index >= 15 is 0 Å². The lowest BCUT2D eigenvalue weighted by molar-refractivity contribution is 0.470. The van der Waals surface area contributed by atoms with Crippen molar-refractivity contribution in [3.05, 3.63) is 47.5 Å². The Morgan fingerprint density at radius 2 is 2.21 bits per heavy atom. The van der Waals surface area contributed by atoms with Gasteiger partial charge in [0.25, 0.3) is 0 Å². The Balaban J connectivity index is 1.81. The molecule has 0 saturated carbocycles. The molecule has 0 fully saturated rings. The summed E-state index contributed by atoms with van der Waals surface area (Å²) in [6.07, 6.45) is 3.08. The van der Waals surface area contributed by atoms with E-state index in [0.717, 1.165) is 24.7 Å². The first-order valence-corrected chi connectivity index (χ1v) is 6.20. The Morgan fingerprint density at radius 1 is 1.37 bits per heavy atom. The smallest absolute Gasteiger partial charge is 0.163 e. The van der Waals surface area contributed by atoms with Gasteiger partial charge in [-0.3, -0.25) is 5.10 Å². The third-order valence-corrected chi connectivity index (χ3v) is 2.95. The number of aromatic nitrogens is 3. The van der Waals surface area contributed by atoms with Gasteiger partial charge in [-0.25, -0.2) is 13.8 Å². The van der Waals surface area contributed by atoms with Crippen molar-refractivity contribution in [2.24, 2.45) is 0 Å². The fourth-order valence-electron chi connectivity index (χ4n) is 1.89. The molecule has 1 unspecified atom stereocenters. The van der Waals surface area contributed by atoms with Crippen LogP contribution in [0.1, 0.15) is 30.8 Å². The summed E-state index contributed by atoms with van der Waals surface area (Å²) in [7, 11) is 0. The van der Waals surface area contributed by atoms with Gasteiger partial charge in [0.1, 0.15) is 12.2 Å². The van der Waals surface area contributed by atoms with E-state index in [9.17, 15) is 8.78 Å². The number of halogens is 2. The second-order valence-corrected chi connectivity index (χ2v) is 4.35. The molecule has 0 aliphatic rings. The van der Waals surface area contributed by atoms with E-state index in [1.165, 1.54) is 12.4 Å². The van der Waals surface area contributed by atoms with Gasteiger partial charge in [-0.05, 0) is 26.0 Å². The first kappa shape index (κ1) is 13.6. The van der Waals surface area contributed by atoms with Crippen LogP contribution in [0.5, 0.6) is 0 Å². The summed E-state index contributed by atoms with van der Waals surface area (Å²) in [6.45, 7) is 2.50. The maximum Gasteiger partial charge on any atom is 0.163 e. The average Bonchev–Trinajstić information content (AvgIpc) is 2.91. The van der Waals surface area contributed by atoms with Gasteiger partial charge in [0.05, 0.1) is 0 Å². The molecule has 6 heteroatoms. The van der Waals surface area contributed by atoms with Crippen LogP contribution in [0.15, 0.2) is 24.5 Å². The van der Waals surface area contributed by atoms with E-state index in [1.54, 1.807) is 6.07 Å². The Morgan fingerprint density at radius 3 is 2.95 bits per heavy atom. The molecule has 0 aliphatic heterocycles. The van der Waals surface area contributed by atoms with Crippen molar-refractivity contribution in [1.82, 2.24) is 20.5 Å². The zero-order valence-corrected chi connectivity index (χ0v) is 10.7. The summed E-state index contributed by atoms with van der Waals surface area (Å²) in [5.74, 6) is -0.767. The van der Waals surface area contributed by atoms with Crippen molar-refractivity contribution in [2.45, 2.75) is 25.8 Å². The van der Waals surface area contributed by atoms with Gasteiger partial charge in [-0.15, -0.1) is 0 Å². The summed E-state index contributed by atoms with van der Waals surface area (Å²) >= 11 is 0. The molecule has 2 N–H and O–H groups in total. The Hall–Kier alpha value is -1.82. The number of hydrogen-bond donors (Lipinski definition) is 2. The highest BCUT2D eigenvalue weighted by molar-refractivity contribution is 5.21. The summed E-state index contributed by atoms with van der Waals surface area (Å²) < 4.78 is 26.6. The lowest BCUT2D eigenvalue weighted by Crippen LogP contribution is -2.21. The molecule has 1 atom stereocenters. The number of nitrogens with zero attached hydrogens (tertiary/aromatic N) is 2. The Bertz CT molecular complexity index is 513. The molecule has 4 nitrogen and oxygen atoms in total. The number of aryl methyl sites for hydroxylation is 1. The van der Waals surface area contributed by atoms with Crippen molar-refractivity contribution in [2.75, 3.05) is 6.54 Å². The summed E-state index contributed by atoms with van der Waals surface area (Å²) in [5, 5.41) is 9.69. The highest BCUT2D eigenvalue weighted by Crippen LogP contribution is 2.18. The highest BCUT2D eigenvalue weighted by Gasteiger charge is 2.13. The quantitative estimate of drug-likeness (QED) is 0.789. The van der Waals surface area contributed by atoms with Crippen LogP contribution in [0.25, 0.3) is 0 Å². The molecule has 0 amide bonds. The largest absolute Gasteiger partial charge is 0.310 e. The molecule has 1 aromatic heterocycles. The minimum absolute atomic E-state index is 0.231. The fraction of sp³-hybridized carbons (Fsp3) is 0.385. The number of benzene rings is 1. The van der Waals surface area contributed by atoms with Crippen LogP contribution in [-0.2, 0) is 6.42 Å². The minimum Gasteiger partial charge on any atom is -0.310 e. The van der Waals surface area contributed by atoms with E-state index in [0.29, 0.717) is 12.1 Å². The van der Waals surface area contributed by atoms with Crippen molar-refractivity contribution >= 4 is 0 Å². The molecule has 0 aliphatic carbocycles. The third-order valence-electron chi connectivity index (χ3n) is 2.95. The molecule has 0 bridgehead atoms. The zero-order valence-electron chi connectivity index (χ0n) is 10.7. The maximum atomic E-state index is 13.5. The number of nitrogens with one attached hydrogen (secondary N) is 2. The predicted octanol–water partition coefficient (Wildman–Crippen LogP) is 2.37. The summed E-state index contributed by atoms with van der Waals surface area (Å²) in [4.78, 5) is 4.01. The van der Waals surface area contributed by atoms with Crippen LogP contribution < -0.4 is 5.32 Å². The van der Waals surface area contributed by atoms with E-state index in [-0.39, 0.29) is 6.04 Å². The van der Waals surface area contributed by atoms with Gasteiger partial charge in [0.2, 0.25) is 0 Å². The van der Waals surface area contributed by atoms with Crippen molar-refractivity contribution in [1.29, 1.82) is 0 Å². The van der Waals surface area contributed by atoms with E-state index < -0.39 is 11.6 Å². The molecule has 1 heterocycles. The lowest BCUT2D eigenvalue weighted by Gasteiger charge is -2.15. The highest BCUT2D eigenvalue weighted by atomic mass is 19.2. The minimum atomic E-state index is -0.812. The molecule has 1 aromatic carbocycles. The van der Waals surface area contributed by atoms with Gasteiger partial charge in [0, 0.05) is 18.0 Å². The summed E-state index contributed by atoms with van der Waals surface area (Å²) in [6, 6.07) is 3.99. The third kappa shape index (κ3) is 3.57. The molecule has 0 spiro atoms. The number of hydrogen-bond acceptors (Lipinski definition) is 3. The van der Waals surface area contributed by atoms with Crippen LogP contribution in [0.3, 0.4) is 0 Å². The summed E-state index contributed by atoms with van der Waals surface area (Å²) in [5.41, 5.74) is 0.347. The molecule has 102 valence electrons. The molecule has 19 heavy (non-hydrogen) atoms. The predicted molar refractivity (Wildman–Crippen MR) is 67.5 cm³/mol. The Labute approximate surface area is 110 Å². The van der Waals surface area contributed by atoms with Crippen molar-refractivity contribution in [3.63, 3.8) is 0 Å².